The minimum Gasteiger partial charge on any atom is -0.396 e. The molecular formula is C23H29N5O. The zero-order chi connectivity index (χ0) is 20.1. The summed E-state index contributed by atoms with van der Waals surface area (Å²) < 4.78 is 1.93. The highest BCUT2D eigenvalue weighted by atomic mass is 16.3. The van der Waals surface area contributed by atoms with Crippen molar-refractivity contribution < 1.29 is 5.11 Å². The number of pyridine rings is 1. The van der Waals surface area contributed by atoms with Crippen LogP contribution in [0.15, 0.2) is 60.9 Å². The Morgan fingerprint density at radius 2 is 1.90 bits per heavy atom. The number of aromatic nitrogens is 3. The third-order valence-electron chi connectivity index (χ3n) is 5.53. The van der Waals surface area contributed by atoms with E-state index in [4.69, 9.17) is 0 Å². The van der Waals surface area contributed by atoms with Crippen molar-refractivity contribution in [2.75, 3.05) is 26.2 Å². The second kappa shape index (κ2) is 9.31. The molecule has 6 heteroatoms. The summed E-state index contributed by atoms with van der Waals surface area (Å²) in [6.45, 7) is 6.89. The molecule has 0 spiro atoms. The summed E-state index contributed by atoms with van der Waals surface area (Å²) >= 11 is 0. The zero-order valence-corrected chi connectivity index (χ0v) is 17.0. The highest BCUT2D eigenvalue weighted by Crippen LogP contribution is 2.18. The van der Waals surface area contributed by atoms with Crippen molar-refractivity contribution in [1.82, 2.24) is 24.6 Å². The summed E-state index contributed by atoms with van der Waals surface area (Å²) in [7, 11) is 0. The Labute approximate surface area is 172 Å². The van der Waals surface area contributed by atoms with Gasteiger partial charge in [0.2, 0.25) is 0 Å². The Hall–Kier alpha value is -2.54. The maximum atomic E-state index is 9.58. The molecular weight excluding hydrogens is 362 g/mol. The van der Waals surface area contributed by atoms with Crippen LogP contribution in [0.4, 0.5) is 0 Å². The lowest BCUT2D eigenvalue weighted by Crippen LogP contribution is -2.52. The first-order valence-electron chi connectivity index (χ1n) is 10.3. The van der Waals surface area contributed by atoms with Gasteiger partial charge in [-0.05, 0) is 37.6 Å². The number of aryl methyl sites for hydroxylation is 1. The van der Waals surface area contributed by atoms with Gasteiger partial charge in [0, 0.05) is 62.8 Å². The Morgan fingerprint density at radius 3 is 2.69 bits per heavy atom. The number of benzene rings is 1. The number of aliphatic hydroxyl groups excluding tert-OH is 1. The van der Waals surface area contributed by atoms with E-state index in [1.54, 1.807) is 0 Å². The number of hydrogen-bond donors (Lipinski definition) is 1. The number of nitrogens with zero attached hydrogens (tertiary/aromatic N) is 5. The number of para-hydroxylation sites is 1. The van der Waals surface area contributed by atoms with Crippen LogP contribution in [0.5, 0.6) is 0 Å². The van der Waals surface area contributed by atoms with E-state index < -0.39 is 0 Å². The van der Waals surface area contributed by atoms with E-state index in [-0.39, 0.29) is 6.61 Å². The highest BCUT2D eigenvalue weighted by molar-refractivity contribution is 5.30. The average Bonchev–Trinajstić information content (AvgIpc) is 3.19. The van der Waals surface area contributed by atoms with Crippen molar-refractivity contribution >= 4 is 0 Å². The normalized spacial score (nSPS) is 18.2. The van der Waals surface area contributed by atoms with Gasteiger partial charge in [-0.3, -0.25) is 14.8 Å². The van der Waals surface area contributed by atoms with Crippen LogP contribution in [0.1, 0.15) is 23.4 Å². The molecule has 0 radical (unpaired) electrons. The van der Waals surface area contributed by atoms with E-state index in [9.17, 15) is 5.11 Å². The van der Waals surface area contributed by atoms with E-state index in [0.29, 0.717) is 6.04 Å². The molecule has 29 heavy (non-hydrogen) atoms. The Balaban J connectivity index is 1.39. The predicted octanol–water partition coefficient (Wildman–Crippen LogP) is 2.64. The third-order valence-corrected chi connectivity index (χ3v) is 5.53. The molecule has 0 bridgehead atoms. The highest BCUT2D eigenvalue weighted by Gasteiger charge is 2.27. The largest absolute Gasteiger partial charge is 0.396 e. The van der Waals surface area contributed by atoms with Crippen molar-refractivity contribution in [2.24, 2.45) is 0 Å². The summed E-state index contributed by atoms with van der Waals surface area (Å²) in [5.74, 6) is 0. The van der Waals surface area contributed by atoms with Gasteiger partial charge in [-0.1, -0.05) is 24.3 Å². The number of aliphatic hydroxyl groups is 1. The topological polar surface area (TPSA) is 57.4 Å². The summed E-state index contributed by atoms with van der Waals surface area (Å²) in [5.41, 5.74) is 4.44. The van der Waals surface area contributed by atoms with Crippen LogP contribution in [-0.2, 0) is 13.1 Å². The first kappa shape index (κ1) is 19.8. The molecule has 2 aromatic heterocycles. The first-order valence-corrected chi connectivity index (χ1v) is 10.3. The van der Waals surface area contributed by atoms with Crippen LogP contribution < -0.4 is 0 Å². The van der Waals surface area contributed by atoms with Crippen molar-refractivity contribution in [2.45, 2.75) is 32.5 Å². The minimum absolute atomic E-state index is 0.211. The molecule has 1 saturated heterocycles. The van der Waals surface area contributed by atoms with Crippen LogP contribution >= 0.6 is 0 Å². The van der Waals surface area contributed by atoms with Crippen LogP contribution in [0.2, 0.25) is 0 Å². The molecule has 0 aliphatic carbocycles. The van der Waals surface area contributed by atoms with Crippen LogP contribution in [-0.4, -0.2) is 62.0 Å². The van der Waals surface area contributed by atoms with Crippen LogP contribution in [0.3, 0.4) is 0 Å². The average molecular weight is 392 g/mol. The lowest BCUT2D eigenvalue weighted by molar-refractivity contribution is 0.0491. The van der Waals surface area contributed by atoms with Gasteiger partial charge in [0.05, 0.1) is 17.6 Å². The van der Waals surface area contributed by atoms with E-state index >= 15 is 0 Å². The molecule has 1 atom stereocenters. The van der Waals surface area contributed by atoms with Gasteiger partial charge in [0.1, 0.15) is 0 Å². The van der Waals surface area contributed by atoms with Crippen molar-refractivity contribution in [3.05, 3.63) is 77.9 Å². The fourth-order valence-electron chi connectivity index (χ4n) is 4.05. The fourth-order valence-corrected chi connectivity index (χ4v) is 4.05. The molecule has 0 amide bonds. The molecule has 3 aromatic rings. The second-order valence-corrected chi connectivity index (χ2v) is 7.77. The summed E-state index contributed by atoms with van der Waals surface area (Å²) in [4.78, 5) is 9.58. The molecule has 1 aliphatic rings. The zero-order valence-electron chi connectivity index (χ0n) is 17.0. The molecule has 6 nitrogen and oxygen atoms in total. The SMILES string of the molecule is Cc1cccc(CN2CCN(Cc3cnn(-c4ccccc4)c3)C[C@@H]2CCO)n1. The summed E-state index contributed by atoms with van der Waals surface area (Å²) in [6, 6.07) is 16.7. The summed E-state index contributed by atoms with van der Waals surface area (Å²) in [5, 5.41) is 14.1. The van der Waals surface area contributed by atoms with E-state index in [0.717, 1.165) is 56.2 Å². The van der Waals surface area contributed by atoms with E-state index in [2.05, 4.69) is 50.3 Å². The molecule has 1 fully saturated rings. The Bertz CT molecular complexity index is 910. The predicted molar refractivity (Wildman–Crippen MR) is 114 cm³/mol. The Kier molecular flexibility index (Phi) is 6.34. The molecule has 1 aromatic carbocycles. The van der Waals surface area contributed by atoms with Gasteiger partial charge < -0.3 is 5.11 Å². The van der Waals surface area contributed by atoms with Crippen LogP contribution in [0.25, 0.3) is 5.69 Å². The second-order valence-electron chi connectivity index (χ2n) is 7.77. The lowest BCUT2D eigenvalue weighted by Gasteiger charge is -2.41. The minimum atomic E-state index is 0.211. The summed E-state index contributed by atoms with van der Waals surface area (Å²) in [6.07, 6.45) is 4.85. The van der Waals surface area contributed by atoms with Gasteiger partial charge in [0.25, 0.3) is 0 Å². The maximum Gasteiger partial charge on any atom is 0.0645 e. The van der Waals surface area contributed by atoms with Crippen molar-refractivity contribution in [3.63, 3.8) is 0 Å². The molecule has 0 saturated carbocycles. The maximum absolute atomic E-state index is 9.58. The smallest absolute Gasteiger partial charge is 0.0645 e. The third kappa shape index (κ3) is 5.09. The van der Waals surface area contributed by atoms with E-state index in [1.165, 1.54) is 5.56 Å². The van der Waals surface area contributed by atoms with Crippen molar-refractivity contribution in [1.29, 1.82) is 0 Å². The fraction of sp³-hybridized carbons (Fsp3) is 0.391. The van der Waals surface area contributed by atoms with Crippen LogP contribution in [0, 0.1) is 6.92 Å². The molecule has 1 aliphatic heterocycles. The standard InChI is InChI=1S/C23H29N5O/c1-19-6-5-7-21(25-19)17-27-12-11-26(18-23(27)10-13-29)15-20-14-24-28(16-20)22-8-3-2-4-9-22/h2-9,14,16,23,29H,10-13,15,17-18H2,1H3/t23-/m0/s1. The number of rotatable bonds is 7. The molecule has 0 unspecified atom stereocenters. The van der Waals surface area contributed by atoms with Crippen molar-refractivity contribution in [3.8, 4) is 5.69 Å². The molecule has 4 rings (SSSR count). The molecule has 1 N–H and O–H groups in total. The van der Waals surface area contributed by atoms with Gasteiger partial charge in [-0.25, -0.2) is 4.68 Å². The monoisotopic (exact) mass is 391 g/mol. The van der Waals surface area contributed by atoms with Gasteiger partial charge >= 0.3 is 0 Å². The number of piperazine rings is 1. The number of hydrogen-bond acceptors (Lipinski definition) is 5. The lowest BCUT2D eigenvalue weighted by atomic mass is 10.1. The van der Waals surface area contributed by atoms with E-state index in [1.807, 2.05) is 42.1 Å². The molecule has 3 heterocycles. The molecule has 152 valence electrons. The van der Waals surface area contributed by atoms with Gasteiger partial charge in [-0.15, -0.1) is 0 Å². The Morgan fingerprint density at radius 1 is 1.03 bits per heavy atom. The first-order chi connectivity index (χ1) is 14.2. The van der Waals surface area contributed by atoms with Gasteiger partial charge in [0.15, 0.2) is 0 Å². The van der Waals surface area contributed by atoms with Gasteiger partial charge in [-0.2, -0.15) is 5.10 Å². The quantitative estimate of drug-likeness (QED) is 0.671.